The molecule has 0 saturated carbocycles. The fourth-order valence-corrected chi connectivity index (χ4v) is 2.77. The zero-order chi connectivity index (χ0) is 15.7. The van der Waals surface area contributed by atoms with E-state index in [0.717, 1.165) is 20.9 Å². The first-order valence-electron chi connectivity index (χ1n) is 6.60. The molecule has 6 heteroatoms. The van der Waals surface area contributed by atoms with Gasteiger partial charge < -0.3 is 9.84 Å². The van der Waals surface area contributed by atoms with Crippen molar-refractivity contribution in [2.24, 2.45) is 0 Å². The number of nitrogens with zero attached hydrogens (tertiary/aromatic N) is 2. The molecule has 1 N–H and O–H groups in total. The normalized spacial score (nSPS) is 10.8. The second kappa shape index (κ2) is 5.81. The first-order valence-corrected chi connectivity index (χ1v) is 7.39. The lowest BCUT2D eigenvalue weighted by molar-refractivity contribution is 0.0603. The first-order chi connectivity index (χ1) is 10.6. The molecule has 2 aromatic carbocycles. The molecule has 112 valence electrons. The Balaban J connectivity index is 2.06. The third kappa shape index (κ3) is 2.57. The van der Waals surface area contributed by atoms with E-state index in [9.17, 15) is 9.90 Å². The number of aromatic hydroxyl groups is 1. The van der Waals surface area contributed by atoms with E-state index in [1.54, 1.807) is 35.1 Å². The Hall–Kier alpha value is -2.34. The van der Waals surface area contributed by atoms with E-state index in [-0.39, 0.29) is 5.75 Å². The fourth-order valence-electron chi connectivity index (χ4n) is 2.36. The number of fused-ring (bicyclic) bond motifs is 1. The van der Waals surface area contributed by atoms with Gasteiger partial charge in [-0.3, -0.25) is 4.68 Å². The SMILES string of the molecule is COC(=O)c1cccc2c1cnn2Cc1cc(Br)ccc1O. The molecular weight excluding hydrogens is 348 g/mol. The monoisotopic (exact) mass is 360 g/mol. The Morgan fingerprint density at radius 3 is 2.95 bits per heavy atom. The molecule has 22 heavy (non-hydrogen) atoms. The lowest BCUT2D eigenvalue weighted by Gasteiger charge is -2.07. The average Bonchev–Trinajstić information content (AvgIpc) is 2.93. The van der Waals surface area contributed by atoms with Crippen LogP contribution in [0.15, 0.2) is 47.1 Å². The molecule has 0 radical (unpaired) electrons. The number of rotatable bonds is 3. The van der Waals surface area contributed by atoms with Gasteiger partial charge in [-0.25, -0.2) is 4.79 Å². The van der Waals surface area contributed by atoms with Gasteiger partial charge in [0, 0.05) is 15.4 Å². The molecule has 0 spiro atoms. The summed E-state index contributed by atoms with van der Waals surface area (Å²) in [6.45, 7) is 0.402. The van der Waals surface area contributed by atoms with Crippen molar-refractivity contribution in [1.82, 2.24) is 9.78 Å². The molecule has 3 rings (SSSR count). The minimum absolute atomic E-state index is 0.205. The van der Waals surface area contributed by atoms with Crippen LogP contribution in [0.5, 0.6) is 5.75 Å². The number of esters is 1. The van der Waals surface area contributed by atoms with Gasteiger partial charge in [-0.2, -0.15) is 5.10 Å². The number of hydrogen-bond donors (Lipinski definition) is 1. The number of hydrogen-bond acceptors (Lipinski definition) is 4. The zero-order valence-corrected chi connectivity index (χ0v) is 13.4. The second-order valence-corrected chi connectivity index (χ2v) is 5.72. The molecule has 0 atom stereocenters. The lowest BCUT2D eigenvalue weighted by Crippen LogP contribution is -2.03. The van der Waals surface area contributed by atoms with Crippen molar-refractivity contribution in [2.75, 3.05) is 7.11 Å². The van der Waals surface area contributed by atoms with Crippen LogP contribution in [0.2, 0.25) is 0 Å². The summed E-state index contributed by atoms with van der Waals surface area (Å²) < 4.78 is 7.41. The molecule has 0 aliphatic carbocycles. The Morgan fingerprint density at radius 1 is 1.36 bits per heavy atom. The Kier molecular flexibility index (Phi) is 3.85. The lowest BCUT2D eigenvalue weighted by atomic mass is 10.1. The smallest absolute Gasteiger partial charge is 0.338 e. The van der Waals surface area contributed by atoms with Crippen molar-refractivity contribution in [3.05, 3.63) is 58.2 Å². The number of aromatic nitrogens is 2. The van der Waals surface area contributed by atoms with Gasteiger partial charge in [-0.05, 0) is 30.3 Å². The van der Waals surface area contributed by atoms with Crippen LogP contribution in [0.1, 0.15) is 15.9 Å². The van der Waals surface area contributed by atoms with Gasteiger partial charge in [0.1, 0.15) is 5.75 Å². The highest BCUT2D eigenvalue weighted by Crippen LogP contribution is 2.25. The number of phenols is 1. The predicted octanol–water partition coefficient (Wildman–Crippen LogP) is 3.34. The Morgan fingerprint density at radius 2 is 2.18 bits per heavy atom. The maximum atomic E-state index is 11.8. The summed E-state index contributed by atoms with van der Waals surface area (Å²) in [6.07, 6.45) is 1.64. The molecule has 0 unspecified atom stereocenters. The number of phenolic OH excluding ortho intramolecular Hbond substituents is 1. The summed E-state index contributed by atoms with van der Waals surface area (Å²) in [5, 5.41) is 15.0. The number of halogens is 1. The molecule has 0 aliphatic heterocycles. The van der Waals surface area contributed by atoms with Gasteiger partial charge in [0.2, 0.25) is 0 Å². The number of carbonyl (C=O) groups excluding carboxylic acids is 1. The summed E-state index contributed by atoms with van der Waals surface area (Å²) in [6, 6.07) is 10.6. The van der Waals surface area contributed by atoms with Crippen molar-refractivity contribution in [3.8, 4) is 5.75 Å². The van der Waals surface area contributed by atoms with E-state index in [1.807, 2.05) is 12.1 Å². The highest BCUT2D eigenvalue weighted by molar-refractivity contribution is 9.10. The zero-order valence-electron chi connectivity index (χ0n) is 11.8. The van der Waals surface area contributed by atoms with Crippen LogP contribution in [-0.2, 0) is 11.3 Å². The topological polar surface area (TPSA) is 64.3 Å². The predicted molar refractivity (Wildman–Crippen MR) is 86.0 cm³/mol. The number of methoxy groups -OCH3 is 1. The summed E-state index contributed by atoms with van der Waals surface area (Å²) in [5.74, 6) is -0.188. The Bertz CT molecular complexity index is 858. The van der Waals surface area contributed by atoms with E-state index >= 15 is 0 Å². The molecule has 0 aliphatic rings. The van der Waals surface area contributed by atoms with Crippen LogP contribution < -0.4 is 0 Å². The van der Waals surface area contributed by atoms with Crippen molar-refractivity contribution in [3.63, 3.8) is 0 Å². The summed E-state index contributed by atoms with van der Waals surface area (Å²) in [5.41, 5.74) is 2.02. The quantitative estimate of drug-likeness (QED) is 0.727. The first kappa shape index (κ1) is 14.6. The van der Waals surface area contributed by atoms with Gasteiger partial charge in [-0.15, -0.1) is 0 Å². The molecule has 0 amide bonds. The third-order valence-electron chi connectivity index (χ3n) is 3.45. The van der Waals surface area contributed by atoms with Gasteiger partial charge >= 0.3 is 5.97 Å². The molecule has 1 aromatic heterocycles. The molecule has 5 nitrogen and oxygen atoms in total. The van der Waals surface area contributed by atoms with E-state index in [4.69, 9.17) is 4.74 Å². The summed E-state index contributed by atoms with van der Waals surface area (Å²) in [4.78, 5) is 11.8. The standard InChI is InChI=1S/C16H13BrN2O3/c1-22-16(21)12-3-2-4-14-13(12)8-18-19(14)9-10-7-11(17)5-6-15(10)20/h2-8,20H,9H2,1H3. The number of carbonyl (C=O) groups is 1. The number of ether oxygens (including phenoxy) is 1. The van der Waals surface area contributed by atoms with E-state index in [0.29, 0.717) is 12.1 Å². The van der Waals surface area contributed by atoms with Gasteiger partial charge in [-0.1, -0.05) is 22.0 Å². The van der Waals surface area contributed by atoms with E-state index in [1.165, 1.54) is 7.11 Å². The average molecular weight is 361 g/mol. The molecule has 0 fully saturated rings. The molecular formula is C16H13BrN2O3. The van der Waals surface area contributed by atoms with Gasteiger partial charge in [0.05, 0.1) is 30.9 Å². The van der Waals surface area contributed by atoms with E-state index in [2.05, 4.69) is 21.0 Å². The molecule has 0 bridgehead atoms. The third-order valence-corrected chi connectivity index (χ3v) is 3.95. The van der Waals surface area contributed by atoms with Gasteiger partial charge in [0.15, 0.2) is 0 Å². The summed E-state index contributed by atoms with van der Waals surface area (Å²) >= 11 is 3.39. The highest BCUT2D eigenvalue weighted by atomic mass is 79.9. The van der Waals surface area contributed by atoms with Crippen molar-refractivity contribution >= 4 is 32.8 Å². The maximum Gasteiger partial charge on any atom is 0.338 e. The van der Waals surface area contributed by atoms with Crippen molar-refractivity contribution < 1.29 is 14.6 Å². The van der Waals surface area contributed by atoms with Crippen molar-refractivity contribution in [1.29, 1.82) is 0 Å². The maximum absolute atomic E-state index is 11.8. The minimum Gasteiger partial charge on any atom is -0.508 e. The second-order valence-electron chi connectivity index (χ2n) is 4.81. The largest absolute Gasteiger partial charge is 0.508 e. The Labute approximate surface area is 135 Å². The van der Waals surface area contributed by atoms with Gasteiger partial charge in [0.25, 0.3) is 0 Å². The molecule has 0 saturated heterocycles. The van der Waals surface area contributed by atoms with Crippen LogP contribution in [0.3, 0.4) is 0 Å². The number of benzene rings is 2. The minimum atomic E-state index is -0.393. The highest BCUT2D eigenvalue weighted by Gasteiger charge is 2.14. The van der Waals surface area contributed by atoms with Crippen LogP contribution in [0.25, 0.3) is 10.9 Å². The summed E-state index contributed by atoms with van der Waals surface area (Å²) in [7, 11) is 1.35. The van der Waals surface area contributed by atoms with Crippen LogP contribution in [-0.4, -0.2) is 28.0 Å². The van der Waals surface area contributed by atoms with Crippen LogP contribution >= 0.6 is 15.9 Å². The van der Waals surface area contributed by atoms with Crippen LogP contribution in [0, 0.1) is 0 Å². The molecule has 3 aromatic rings. The fraction of sp³-hybridized carbons (Fsp3) is 0.125. The van der Waals surface area contributed by atoms with Crippen molar-refractivity contribution in [2.45, 2.75) is 6.54 Å². The van der Waals surface area contributed by atoms with Crippen LogP contribution in [0.4, 0.5) is 0 Å². The van der Waals surface area contributed by atoms with E-state index < -0.39 is 5.97 Å². The molecule has 1 heterocycles.